The van der Waals surface area contributed by atoms with Crippen molar-refractivity contribution in [2.75, 3.05) is 18.8 Å². The van der Waals surface area contributed by atoms with Crippen LogP contribution < -0.4 is 0 Å². The molecule has 0 aliphatic carbocycles. The summed E-state index contributed by atoms with van der Waals surface area (Å²) in [6.45, 7) is 0.535. The van der Waals surface area contributed by atoms with E-state index in [0.717, 1.165) is 5.56 Å². The van der Waals surface area contributed by atoms with E-state index in [2.05, 4.69) is 0 Å². The Balaban J connectivity index is 1.97. The van der Waals surface area contributed by atoms with E-state index in [4.69, 9.17) is 5.11 Å². The first-order valence-corrected chi connectivity index (χ1v) is 8.34. The molecule has 5 nitrogen and oxygen atoms in total. The van der Waals surface area contributed by atoms with Crippen LogP contribution in [-0.4, -0.2) is 42.6 Å². The Morgan fingerprint density at radius 1 is 1.30 bits per heavy atom. The highest BCUT2D eigenvalue weighted by Crippen LogP contribution is 2.20. The van der Waals surface area contributed by atoms with Crippen molar-refractivity contribution < 1.29 is 18.3 Å². The lowest BCUT2D eigenvalue weighted by molar-refractivity contribution is -0.142. The molecule has 0 unspecified atom stereocenters. The fourth-order valence-electron chi connectivity index (χ4n) is 2.42. The van der Waals surface area contributed by atoms with Gasteiger partial charge in [0.15, 0.2) is 0 Å². The van der Waals surface area contributed by atoms with Gasteiger partial charge < -0.3 is 5.11 Å². The maximum atomic E-state index is 12.3. The molecule has 1 heterocycles. The summed E-state index contributed by atoms with van der Waals surface area (Å²) in [5, 5.41) is 9.01. The number of piperidine rings is 1. The second-order valence-corrected chi connectivity index (χ2v) is 7.18. The van der Waals surface area contributed by atoms with Crippen molar-refractivity contribution in [2.45, 2.75) is 19.3 Å². The van der Waals surface area contributed by atoms with Crippen molar-refractivity contribution in [2.24, 2.45) is 5.92 Å². The highest BCUT2D eigenvalue weighted by atomic mass is 32.2. The normalized spacial score (nSPS) is 20.7. The number of nitrogens with zero attached hydrogens (tertiary/aromatic N) is 1. The van der Waals surface area contributed by atoms with Gasteiger partial charge in [0.25, 0.3) is 0 Å². The van der Waals surface area contributed by atoms with Crippen LogP contribution in [0.2, 0.25) is 0 Å². The number of sulfonamides is 1. The van der Waals surface area contributed by atoms with Crippen LogP contribution in [0.4, 0.5) is 0 Å². The molecule has 6 heteroatoms. The van der Waals surface area contributed by atoms with Crippen molar-refractivity contribution in [3.8, 4) is 0 Å². The van der Waals surface area contributed by atoms with Gasteiger partial charge in [-0.3, -0.25) is 4.79 Å². The molecule has 0 radical (unpaired) electrons. The minimum absolute atomic E-state index is 0.0311. The summed E-state index contributed by atoms with van der Waals surface area (Å²) in [6, 6.07) is 9.43. The number of hydrogen-bond acceptors (Lipinski definition) is 3. The monoisotopic (exact) mass is 297 g/mol. The zero-order chi connectivity index (χ0) is 14.6. The van der Waals surface area contributed by atoms with Gasteiger partial charge in [0.1, 0.15) is 0 Å². The molecule has 2 rings (SSSR count). The molecule has 1 aliphatic rings. The lowest BCUT2D eigenvalue weighted by Crippen LogP contribution is -2.43. The average Bonchev–Trinajstić information content (AvgIpc) is 2.46. The van der Waals surface area contributed by atoms with E-state index in [1.54, 1.807) is 0 Å². The Hall–Kier alpha value is -1.40. The second-order valence-electron chi connectivity index (χ2n) is 5.09. The molecule has 1 aliphatic heterocycles. The van der Waals surface area contributed by atoms with E-state index in [1.165, 1.54) is 4.31 Å². The van der Waals surface area contributed by atoms with Crippen LogP contribution in [0.3, 0.4) is 0 Å². The number of carbonyl (C=O) groups is 1. The lowest BCUT2D eigenvalue weighted by Gasteiger charge is -2.29. The summed E-state index contributed by atoms with van der Waals surface area (Å²) in [5.41, 5.74) is 0.975. The van der Waals surface area contributed by atoms with E-state index < -0.39 is 21.9 Å². The van der Waals surface area contributed by atoms with Gasteiger partial charge in [0.2, 0.25) is 10.0 Å². The summed E-state index contributed by atoms with van der Waals surface area (Å²) in [7, 11) is -3.38. The first-order chi connectivity index (χ1) is 9.49. The molecule has 0 spiro atoms. The van der Waals surface area contributed by atoms with E-state index in [9.17, 15) is 13.2 Å². The van der Waals surface area contributed by atoms with Crippen molar-refractivity contribution in [3.63, 3.8) is 0 Å². The number of hydrogen-bond donors (Lipinski definition) is 1. The summed E-state index contributed by atoms with van der Waals surface area (Å²) in [5.74, 6) is -1.45. The predicted octanol–water partition coefficient (Wildman–Crippen LogP) is 1.36. The number of carboxylic acids is 1. The molecule has 0 bridgehead atoms. The number of benzene rings is 1. The molecule has 1 saturated heterocycles. The topological polar surface area (TPSA) is 74.7 Å². The Kier molecular flexibility index (Phi) is 4.77. The average molecular weight is 297 g/mol. The third-order valence-corrected chi connectivity index (χ3v) is 5.46. The lowest BCUT2D eigenvalue weighted by atomic mass is 10.0. The van der Waals surface area contributed by atoms with E-state index in [0.29, 0.717) is 25.8 Å². The Bertz CT molecular complexity index is 556. The standard InChI is InChI=1S/C14H19NO4S/c16-14(17)13-7-4-9-15(11-13)20(18,19)10-8-12-5-2-1-3-6-12/h1-3,5-6,13H,4,7-11H2,(H,16,17)/t13-/m1/s1. The smallest absolute Gasteiger partial charge is 0.307 e. The molecule has 1 fully saturated rings. The van der Waals surface area contributed by atoms with Gasteiger partial charge in [0, 0.05) is 13.1 Å². The molecular formula is C14H19NO4S. The van der Waals surface area contributed by atoms with E-state index in [-0.39, 0.29) is 12.3 Å². The molecule has 110 valence electrons. The Labute approximate surface area is 119 Å². The number of aryl methyl sites for hydroxylation is 1. The SMILES string of the molecule is O=C(O)[C@@H]1CCCN(S(=O)(=O)CCc2ccccc2)C1. The van der Waals surface area contributed by atoms with Crippen LogP contribution in [0.5, 0.6) is 0 Å². The molecule has 1 N–H and O–H groups in total. The minimum atomic E-state index is -3.38. The molecule has 1 atom stereocenters. The van der Waals surface area contributed by atoms with E-state index >= 15 is 0 Å². The summed E-state index contributed by atoms with van der Waals surface area (Å²) < 4.78 is 25.9. The molecule has 0 amide bonds. The van der Waals surface area contributed by atoms with Gasteiger partial charge in [0.05, 0.1) is 11.7 Å². The van der Waals surface area contributed by atoms with Crippen molar-refractivity contribution in [1.82, 2.24) is 4.31 Å². The molecule has 0 aromatic heterocycles. The summed E-state index contributed by atoms with van der Waals surface area (Å²) >= 11 is 0. The molecule has 20 heavy (non-hydrogen) atoms. The fraction of sp³-hybridized carbons (Fsp3) is 0.500. The van der Waals surface area contributed by atoms with Crippen molar-refractivity contribution in [3.05, 3.63) is 35.9 Å². The first-order valence-electron chi connectivity index (χ1n) is 6.73. The zero-order valence-electron chi connectivity index (χ0n) is 11.2. The predicted molar refractivity (Wildman–Crippen MR) is 75.9 cm³/mol. The van der Waals surface area contributed by atoms with Crippen LogP contribution >= 0.6 is 0 Å². The third kappa shape index (κ3) is 3.80. The summed E-state index contributed by atoms with van der Waals surface area (Å²) in [4.78, 5) is 11.0. The van der Waals surface area contributed by atoms with Crippen LogP contribution in [0.15, 0.2) is 30.3 Å². The number of carboxylic acid groups (broad SMARTS) is 1. The van der Waals surface area contributed by atoms with Gasteiger partial charge in [-0.1, -0.05) is 30.3 Å². The van der Waals surface area contributed by atoms with Gasteiger partial charge >= 0.3 is 5.97 Å². The van der Waals surface area contributed by atoms with Crippen LogP contribution in [0.1, 0.15) is 18.4 Å². The van der Waals surface area contributed by atoms with Crippen molar-refractivity contribution >= 4 is 16.0 Å². The maximum Gasteiger partial charge on any atom is 0.307 e. The van der Waals surface area contributed by atoms with Crippen LogP contribution in [-0.2, 0) is 21.2 Å². The molecule has 0 saturated carbocycles. The largest absolute Gasteiger partial charge is 0.481 e. The first kappa shape index (κ1) is 15.0. The second kappa shape index (κ2) is 6.37. The minimum Gasteiger partial charge on any atom is -0.481 e. The zero-order valence-corrected chi connectivity index (χ0v) is 12.1. The van der Waals surface area contributed by atoms with Gasteiger partial charge in [-0.25, -0.2) is 12.7 Å². The number of aliphatic carboxylic acids is 1. The molecule has 1 aromatic carbocycles. The van der Waals surface area contributed by atoms with Gasteiger partial charge in [-0.2, -0.15) is 0 Å². The molecule has 1 aromatic rings. The summed E-state index contributed by atoms with van der Waals surface area (Å²) in [6.07, 6.45) is 1.62. The van der Waals surface area contributed by atoms with E-state index in [1.807, 2.05) is 30.3 Å². The van der Waals surface area contributed by atoms with Crippen LogP contribution in [0.25, 0.3) is 0 Å². The Morgan fingerprint density at radius 3 is 2.65 bits per heavy atom. The Morgan fingerprint density at radius 2 is 2.00 bits per heavy atom. The highest BCUT2D eigenvalue weighted by Gasteiger charge is 2.31. The third-order valence-electron chi connectivity index (χ3n) is 3.62. The van der Waals surface area contributed by atoms with Gasteiger partial charge in [-0.05, 0) is 24.8 Å². The highest BCUT2D eigenvalue weighted by molar-refractivity contribution is 7.89. The number of rotatable bonds is 5. The maximum absolute atomic E-state index is 12.3. The van der Waals surface area contributed by atoms with Gasteiger partial charge in [-0.15, -0.1) is 0 Å². The van der Waals surface area contributed by atoms with Crippen LogP contribution in [0, 0.1) is 5.92 Å². The molecular weight excluding hydrogens is 278 g/mol. The fourth-order valence-corrected chi connectivity index (χ4v) is 3.98. The van der Waals surface area contributed by atoms with Crippen molar-refractivity contribution in [1.29, 1.82) is 0 Å². The quantitative estimate of drug-likeness (QED) is 0.890.